The molecule has 0 unspecified atom stereocenters. The van der Waals surface area contributed by atoms with Crippen molar-refractivity contribution in [2.75, 3.05) is 11.9 Å². The number of aromatic nitrogens is 5. The molecule has 2 aromatic heterocycles. The van der Waals surface area contributed by atoms with Gasteiger partial charge in [-0.1, -0.05) is 6.92 Å². The first-order valence-electron chi connectivity index (χ1n) is 5.62. The van der Waals surface area contributed by atoms with Gasteiger partial charge in [0.2, 0.25) is 5.16 Å². The molecule has 0 aliphatic rings. The number of rotatable bonds is 5. The molecule has 0 saturated heterocycles. The zero-order valence-electron chi connectivity index (χ0n) is 10.4. The van der Waals surface area contributed by atoms with E-state index >= 15 is 0 Å². The van der Waals surface area contributed by atoms with Gasteiger partial charge in [0, 0.05) is 19.7 Å². The van der Waals surface area contributed by atoms with Crippen LogP contribution in [0.2, 0.25) is 0 Å². The lowest BCUT2D eigenvalue weighted by atomic mass is 10.4. The van der Waals surface area contributed by atoms with E-state index in [0.29, 0.717) is 11.7 Å². The molecule has 0 fully saturated rings. The number of tetrazole rings is 1. The number of hydrogen-bond acceptors (Lipinski definition) is 6. The Balaban J connectivity index is 2.27. The Morgan fingerprint density at radius 3 is 2.79 bits per heavy atom. The third kappa shape index (κ3) is 3.16. The van der Waals surface area contributed by atoms with Crippen LogP contribution in [-0.2, 0) is 7.05 Å². The molecule has 0 aliphatic heterocycles. The van der Waals surface area contributed by atoms with Gasteiger partial charge in [-0.2, -0.15) is 0 Å². The van der Waals surface area contributed by atoms with Gasteiger partial charge in [-0.05, 0) is 28.6 Å². The zero-order valence-corrected chi connectivity index (χ0v) is 11.2. The maximum absolute atomic E-state index is 13.6. The summed E-state index contributed by atoms with van der Waals surface area (Å²) < 4.78 is 28.5. The van der Waals surface area contributed by atoms with Crippen molar-refractivity contribution in [3.05, 3.63) is 17.7 Å². The third-order valence-corrected chi connectivity index (χ3v) is 3.22. The van der Waals surface area contributed by atoms with Crippen molar-refractivity contribution < 1.29 is 8.78 Å². The normalized spacial score (nSPS) is 10.7. The molecule has 0 radical (unpaired) electrons. The molecule has 0 spiro atoms. The fraction of sp³-hybridized carbons (Fsp3) is 0.400. The van der Waals surface area contributed by atoms with Crippen LogP contribution in [0.5, 0.6) is 0 Å². The minimum absolute atomic E-state index is 0.0258. The molecular formula is C10H12F2N6S. The lowest BCUT2D eigenvalue weighted by Crippen LogP contribution is -2.06. The molecule has 1 N–H and O–H groups in total. The highest BCUT2D eigenvalue weighted by Crippen LogP contribution is 2.28. The van der Waals surface area contributed by atoms with Crippen molar-refractivity contribution in [2.45, 2.75) is 23.5 Å². The molecule has 2 heterocycles. The highest BCUT2D eigenvalue weighted by molar-refractivity contribution is 7.99. The SMILES string of the molecule is CCCNc1nc(Sc2nnnn2C)c(F)cc1F. The van der Waals surface area contributed by atoms with Crippen LogP contribution in [0.25, 0.3) is 0 Å². The predicted molar refractivity (Wildman–Crippen MR) is 65.9 cm³/mol. The van der Waals surface area contributed by atoms with Crippen molar-refractivity contribution in [1.29, 1.82) is 0 Å². The molecule has 0 atom stereocenters. The summed E-state index contributed by atoms with van der Waals surface area (Å²) in [4.78, 5) is 3.92. The number of anilines is 1. The van der Waals surface area contributed by atoms with Crippen molar-refractivity contribution in [3.63, 3.8) is 0 Å². The Hall–Kier alpha value is -1.77. The van der Waals surface area contributed by atoms with Gasteiger partial charge in [0.15, 0.2) is 17.5 Å². The molecule has 2 aromatic rings. The van der Waals surface area contributed by atoms with E-state index in [4.69, 9.17) is 0 Å². The summed E-state index contributed by atoms with van der Waals surface area (Å²) in [6.07, 6.45) is 0.814. The number of pyridine rings is 1. The first-order chi connectivity index (χ1) is 9.11. The first-order valence-corrected chi connectivity index (χ1v) is 6.43. The van der Waals surface area contributed by atoms with Crippen LogP contribution in [0.15, 0.2) is 16.2 Å². The van der Waals surface area contributed by atoms with Crippen molar-refractivity contribution in [1.82, 2.24) is 25.2 Å². The van der Waals surface area contributed by atoms with Crippen molar-refractivity contribution in [2.24, 2.45) is 7.05 Å². The molecule has 9 heteroatoms. The van der Waals surface area contributed by atoms with E-state index in [0.717, 1.165) is 24.2 Å². The summed E-state index contributed by atoms with van der Waals surface area (Å²) in [7, 11) is 1.63. The smallest absolute Gasteiger partial charge is 0.215 e. The average Bonchev–Trinajstić information content (AvgIpc) is 2.77. The van der Waals surface area contributed by atoms with Crippen LogP contribution >= 0.6 is 11.8 Å². The molecule has 0 aromatic carbocycles. The quantitative estimate of drug-likeness (QED) is 0.904. The number of nitrogens with zero attached hydrogens (tertiary/aromatic N) is 5. The van der Waals surface area contributed by atoms with Crippen LogP contribution in [0.1, 0.15) is 13.3 Å². The Morgan fingerprint density at radius 1 is 1.37 bits per heavy atom. The second-order valence-electron chi connectivity index (χ2n) is 3.72. The van der Waals surface area contributed by atoms with Crippen LogP contribution in [0.3, 0.4) is 0 Å². The number of aryl methyl sites for hydroxylation is 1. The lowest BCUT2D eigenvalue weighted by molar-refractivity contribution is 0.550. The topological polar surface area (TPSA) is 68.5 Å². The van der Waals surface area contributed by atoms with E-state index in [2.05, 4.69) is 25.8 Å². The summed E-state index contributed by atoms with van der Waals surface area (Å²) >= 11 is 0.938. The standard InChI is InChI=1S/C10H12F2N6S/c1-3-4-13-8-6(11)5-7(12)9(14-8)19-10-15-16-17-18(10)2/h5H,3-4H2,1-2H3,(H,13,14). The van der Waals surface area contributed by atoms with Crippen molar-refractivity contribution >= 4 is 17.6 Å². The predicted octanol–water partition coefficient (Wildman–Crippen LogP) is 1.86. The van der Waals surface area contributed by atoms with Crippen LogP contribution in [0.4, 0.5) is 14.6 Å². The van der Waals surface area contributed by atoms with Gasteiger partial charge >= 0.3 is 0 Å². The van der Waals surface area contributed by atoms with E-state index in [1.807, 2.05) is 6.92 Å². The minimum Gasteiger partial charge on any atom is -0.368 e. The Labute approximate surface area is 112 Å². The fourth-order valence-corrected chi connectivity index (χ4v) is 2.00. The van der Waals surface area contributed by atoms with Gasteiger partial charge in [0.25, 0.3) is 0 Å². The maximum Gasteiger partial charge on any atom is 0.215 e. The highest BCUT2D eigenvalue weighted by Gasteiger charge is 2.15. The average molecular weight is 286 g/mol. The molecule has 6 nitrogen and oxygen atoms in total. The second-order valence-corrected chi connectivity index (χ2v) is 4.68. The van der Waals surface area contributed by atoms with Crippen LogP contribution in [0, 0.1) is 11.6 Å². The first kappa shape index (κ1) is 13.7. The monoisotopic (exact) mass is 286 g/mol. The molecule has 102 valence electrons. The number of halogens is 2. The lowest BCUT2D eigenvalue weighted by Gasteiger charge is -2.08. The van der Waals surface area contributed by atoms with Crippen molar-refractivity contribution in [3.8, 4) is 0 Å². The van der Waals surface area contributed by atoms with E-state index in [9.17, 15) is 8.78 Å². The van der Waals surface area contributed by atoms with Gasteiger partial charge < -0.3 is 5.32 Å². The Kier molecular flexibility index (Phi) is 4.25. The van der Waals surface area contributed by atoms with Crippen LogP contribution in [-0.4, -0.2) is 31.7 Å². The number of hydrogen-bond donors (Lipinski definition) is 1. The van der Waals surface area contributed by atoms with Gasteiger partial charge in [0.1, 0.15) is 5.03 Å². The molecular weight excluding hydrogens is 274 g/mol. The van der Waals surface area contributed by atoms with Gasteiger partial charge in [-0.3, -0.25) is 0 Å². The Bertz CT molecular complexity index is 573. The summed E-state index contributed by atoms with van der Waals surface area (Å²) in [6, 6.07) is 0.803. The molecule has 2 rings (SSSR count). The highest BCUT2D eigenvalue weighted by atomic mass is 32.2. The van der Waals surface area contributed by atoms with Crippen LogP contribution < -0.4 is 5.32 Å². The van der Waals surface area contributed by atoms with E-state index in [1.54, 1.807) is 7.05 Å². The summed E-state index contributed by atoms with van der Waals surface area (Å²) in [5.41, 5.74) is 0. The Morgan fingerprint density at radius 2 is 2.16 bits per heavy atom. The largest absolute Gasteiger partial charge is 0.368 e. The maximum atomic E-state index is 13.6. The molecule has 0 aliphatic carbocycles. The van der Waals surface area contributed by atoms with Gasteiger partial charge in [0.05, 0.1) is 0 Å². The number of nitrogens with one attached hydrogen (secondary N) is 1. The van der Waals surface area contributed by atoms with Gasteiger partial charge in [-0.15, -0.1) is 5.10 Å². The van der Waals surface area contributed by atoms with Gasteiger partial charge in [-0.25, -0.2) is 18.4 Å². The summed E-state index contributed by atoms with van der Waals surface area (Å²) in [6.45, 7) is 2.50. The van der Waals surface area contributed by atoms with E-state index in [-0.39, 0.29) is 10.8 Å². The fourth-order valence-electron chi connectivity index (χ4n) is 1.28. The third-order valence-electron chi connectivity index (χ3n) is 2.21. The summed E-state index contributed by atoms with van der Waals surface area (Å²) in [5, 5.41) is 14.0. The summed E-state index contributed by atoms with van der Waals surface area (Å²) in [5.74, 6) is -1.43. The minimum atomic E-state index is -0.743. The second kappa shape index (κ2) is 5.91. The molecule has 0 amide bonds. The van der Waals surface area contributed by atoms with E-state index in [1.165, 1.54) is 4.68 Å². The molecule has 19 heavy (non-hydrogen) atoms. The molecule has 0 bridgehead atoms. The zero-order chi connectivity index (χ0) is 13.8. The van der Waals surface area contributed by atoms with E-state index < -0.39 is 11.6 Å². The molecule has 0 saturated carbocycles.